The van der Waals surface area contributed by atoms with Crippen LogP contribution in [0.25, 0.3) is 22.2 Å². The van der Waals surface area contributed by atoms with E-state index in [9.17, 15) is 13.9 Å². The average molecular weight is 530 g/mol. The molecule has 0 unspecified atom stereocenters. The molecular formula is C27H30F3N5O3. The minimum Gasteiger partial charge on any atom is -0.490 e. The number of nitrogens with one attached hydrogen (secondary N) is 2. The Bertz CT molecular complexity index is 1420. The standard InChI is InChI=1S/C27H30F3N5O3/c1-15(17-7-6-8-20(24(17)28)27(29,30)26(3,4)36)32-25-19-14-23(38-12-11-37-5)18(21-9-10-31-35-21)13-22(19)33-16(2)34-25/h6-10,13-15,36H,11-12H2,1-5H3,(H,31,35)(H,32,33,34)/t15-/m1/s1. The van der Waals surface area contributed by atoms with Crippen molar-refractivity contribution in [1.29, 1.82) is 0 Å². The van der Waals surface area contributed by atoms with Crippen molar-refractivity contribution < 1.29 is 27.8 Å². The van der Waals surface area contributed by atoms with Crippen molar-refractivity contribution in [2.24, 2.45) is 0 Å². The van der Waals surface area contributed by atoms with E-state index < -0.39 is 28.9 Å². The summed E-state index contributed by atoms with van der Waals surface area (Å²) in [5.74, 6) is -3.53. The molecule has 4 rings (SSSR count). The van der Waals surface area contributed by atoms with E-state index in [1.165, 1.54) is 12.1 Å². The molecule has 2 aromatic carbocycles. The quantitative estimate of drug-likeness (QED) is 0.232. The molecule has 2 aromatic heterocycles. The molecule has 2 heterocycles. The molecule has 8 nitrogen and oxygen atoms in total. The molecule has 0 saturated carbocycles. The highest BCUT2D eigenvalue weighted by Crippen LogP contribution is 2.42. The second-order valence-electron chi connectivity index (χ2n) is 9.50. The molecular weight excluding hydrogens is 499 g/mol. The molecule has 202 valence electrons. The molecule has 0 aliphatic heterocycles. The summed E-state index contributed by atoms with van der Waals surface area (Å²) in [6.45, 7) is 5.92. The smallest absolute Gasteiger partial charge is 0.303 e. The van der Waals surface area contributed by atoms with E-state index in [0.717, 1.165) is 31.2 Å². The van der Waals surface area contributed by atoms with Crippen molar-refractivity contribution in [3.63, 3.8) is 0 Å². The van der Waals surface area contributed by atoms with E-state index in [0.29, 0.717) is 41.5 Å². The predicted molar refractivity (Wildman–Crippen MR) is 138 cm³/mol. The summed E-state index contributed by atoms with van der Waals surface area (Å²) in [4.78, 5) is 9.05. The van der Waals surface area contributed by atoms with E-state index in [1.807, 2.05) is 6.07 Å². The van der Waals surface area contributed by atoms with Crippen LogP contribution in [0.1, 0.15) is 43.8 Å². The number of aromatic nitrogens is 4. The van der Waals surface area contributed by atoms with Gasteiger partial charge in [0.2, 0.25) is 0 Å². The number of anilines is 1. The third-order valence-electron chi connectivity index (χ3n) is 6.20. The Morgan fingerprint density at radius 2 is 1.89 bits per heavy atom. The van der Waals surface area contributed by atoms with Crippen molar-refractivity contribution in [3.05, 3.63) is 65.4 Å². The molecule has 0 saturated heterocycles. The Kier molecular flexibility index (Phi) is 7.61. The van der Waals surface area contributed by atoms with Gasteiger partial charge < -0.3 is 19.9 Å². The predicted octanol–water partition coefficient (Wildman–Crippen LogP) is 5.53. The van der Waals surface area contributed by atoms with Gasteiger partial charge in [-0.15, -0.1) is 0 Å². The van der Waals surface area contributed by atoms with Gasteiger partial charge in [-0.2, -0.15) is 13.9 Å². The molecule has 0 amide bonds. The molecule has 1 atom stereocenters. The lowest BCUT2D eigenvalue weighted by Gasteiger charge is -2.30. The fourth-order valence-corrected chi connectivity index (χ4v) is 4.09. The van der Waals surface area contributed by atoms with Gasteiger partial charge in [0, 0.05) is 29.8 Å². The highest BCUT2D eigenvalue weighted by molar-refractivity contribution is 5.94. The van der Waals surface area contributed by atoms with Crippen LogP contribution in [-0.2, 0) is 10.7 Å². The molecule has 38 heavy (non-hydrogen) atoms. The van der Waals surface area contributed by atoms with Gasteiger partial charge >= 0.3 is 5.92 Å². The number of benzene rings is 2. The van der Waals surface area contributed by atoms with Gasteiger partial charge in [0.15, 0.2) is 0 Å². The average Bonchev–Trinajstić information content (AvgIpc) is 3.38. The highest BCUT2D eigenvalue weighted by atomic mass is 19.3. The Balaban J connectivity index is 1.77. The summed E-state index contributed by atoms with van der Waals surface area (Å²) in [5.41, 5.74) is -1.27. The second-order valence-corrected chi connectivity index (χ2v) is 9.50. The Morgan fingerprint density at radius 1 is 1.13 bits per heavy atom. The Hall–Kier alpha value is -3.70. The molecule has 3 N–H and O–H groups in total. The van der Waals surface area contributed by atoms with Crippen LogP contribution in [0.15, 0.2) is 42.6 Å². The number of aryl methyl sites for hydroxylation is 1. The first kappa shape index (κ1) is 27.3. The second kappa shape index (κ2) is 10.6. The lowest BCUT2D eigenvalue weighted by atomic mass is 9.91. The maximum atomic E-state index is 15.4. The van der Waals surface area contributed by atoms with Crippen LogP contribution in [-0.4, -0.2) is 51.2 Å². The van der Waals surface area contributed by atoms with Gasteiger partial charge in [-0.1, -0.05) is 12.1 Å². The lowest BCUT2D eigenvalue weighted by Crippen LogP contribution is -2.41. The summed E-state index contributed by atoms with van der Waals surface area (Å²) in [5, 5.41) is 20.6. The van der Waals surface area contributed by atoms with Crippen molar-refractivity contribution in [2.45, 2.75) is 45.3 Å². The van der Waals surface area contributed by atoms with E-state index in [-0.39, 0.29) is 5.56 Å². The number of fused-ring (bicyclic) bond motifs is 1. The van der Waals surface area contributed by atoms with Gasteiger partial charge in [0.1, 0.15) is 35.4 Å². The summed E-state index contributed by atoms with van der Waals surface area (Å²) in [7, 11) is 1.57. The third-order valence-corrected chi connectivity index (χ3v) is 6.20. The number of aromatic amines is 1. The van der Waals surface area contributed by atoms with E-state index in [1.54, 1.807) is 39.3 Å². The molecule has 0 spiro atoms. The summed E-state index contributed by atoms with van der Waals surface area (Å²) >= 11 is 0. The first-order valence-electron chi connectivity index (χ1n) is 12.0. The number of hydrogen-bond donors (Lipinski definition) is 3. The molecule has 0 radical (unpaired) electrons. The number of nitrogens with zero attached hydrogens (tertiary/aromatic N) is 3. The van der Waals surface area contributed by atoms with Crippen LogP contribution < -0.4 is 10.1 Å². The van der Waals surface area contributed by atoms with Gasteiger partial charge in [-0.3, -0.25) is 5.10 Å². The van der Waals surface area contributed by atoms with Gasteiger partial charge in [0.25, 0.3) is 0 Å². The van der Waals surface area contributed by atoms with Crippen molar-refractivity contribution in [3.8, 4) is 17.0 Å². The van der Waals surface area contributed by atoms with Crippen LogP contribution in [0.5, 0.6) is 5.75 Å². The largest absolute Gasteiger partial charge is 0.490 e. The number of ether oxygens (including phenoxy) is 2. The van der Waals surface area contributed by atoms with Crippen LogP contribution in [0, 0.1) is 12.7 Å². The first-order valence-corrected chi connectivity index (χ1v) is 12.0. The minimum atomic E-state index is -3.80. The normalized spacial score (nSPS) is 13.1. The number of rotatable bonds is 10. The Labute approximate surface area is 218 Å². The monoisotopic (exact) mass is 529 g/mol. The van der Waals surface area contributed by atoms with Gasteiger partial charge in [-0.05, 0) is 52.0 Å². The van der Waals surface area contributed by atoms with Crippen LogP contribution in [0.3, 0.4) is 0 Å². The molecule has 11 heteroatoms. The number of H-pyrrole nitrogens is 1. The fraction of sp³-hybridized carbons (Fsp3) is 0.370. The summed E-state index contributed by atoms with van der Waals surface area (Å²) in [6.07, 6.45) is 1.63. The van der Waals surface area contributed by atoms with Crippen LogP contribution >= 0.6 is 0 Å². The number of hydrogen-bond acceptors (Lipinski definition) is 7. The zero-order valence-electron chi connectivity index (χ0n) is 21.8. The molecule has 0 aliphatic rings. The Morgan fingerprint density at radius 3 is 2.55 bits per heavy atom. The number of alkyl halides is 2. The SMILES string of the molecule is COCCOc1cc2c(N[C@H](C)c3cccc(C(F)(F)C(C)(C)O)c3F)nc(C)nc2cc1-c1ccn[nH]1. The molecule has 4 aromatic rings. The van der Waals surface area contributed by atoms with E-state index in [4.69, 9.17) is 9.47 Å². The maximum Gasteiger partial charge on any atom is 0.303 e. The third kappa shape index (κ3) is 5.30. The van der Waals surface area contributed by atoms with E-state index in [2.05, 4.69) is 25.5 Å². The van der Waals surface area contributed by atoms with Crippen LogP contribution in [0.4, 0.5) is 19.0 Å². The number of methoxy groups -OCH3 is 1. The molecule has 0 aliphatic carbocycles. The zero-order chi connectivity index (χ0) is 27.7. The van der Waals surface area contributed by atoms with Gasteiger partial charge in [-0.25, -0.2) is 14.4 Å². The first-order chi connectivity index (χ1) is 17.9. The maximum absolute atomic E-state index is 15.4. The number of halogens is 3. The van der Waals surface area contributed by atoms with Gasteiger partial charge in [0.05, 0.1) is 29.4 Å². The van der Waals surface area contributed by atoms with Crippen molar-refractivity contribution >= 4 is 16.7 Å². The highest BCUT2D eigenvalue weighted by Gasteiger charge is 2.49. The lowest BCUT2D eigenvalue weighted by molar-refractivity contribution is -0.170. The van der Waals surface area contributed by atoms with Crippen molar-refractivity contribution in [1.82, 2.24) is 20.2 Å². The topological polar surface area (TPSA) is 105 Å². The molecule has 0 fully saturated rings. The number of aliphatic hydroxyl groups is 1. The summed E-state index contributed by atoms with van der Waals surface area (Å²) < 4.78 is 56.1. The van der Waals surface area contributed by atoms with Crippen molar-refractivity contribution in [2.75, 3.05) is 25.6 Å². The van der Waals surface area contributed by atoms with Crippen LogP contribution in [0.2, 0.25) is 0 Å². The zero-order valence-corrected chi connectivity index (χ0v) is 21.8. The van der Waals surface area contributed by atoms with E-state index >= 15 is 4.39 Å². The molecule has 0 bridgehead atoms. The summed E-state index contributed by atoms with van der Waals surface area (Å²) in [6, 6.07) is 8.39. The fourth-order valence-electron chi connectivity index (χ4n) is 4.09. The minimum absolute atomic E-state index is 0.00138.